The second kappa shape index (κ2) is 7.45. The molecule has 1 aromatic carbocycles. The number of hydrogen-bond donors (Lipinski definition) is 2. The minimum Gasteiger partial charge on any atom is -0.315 e. The van der Waals surface area contributed by atoms with Gasteiger partial charge in [0.1, 0.15) is 4.90 Å². The number of rotatable bonds is 7. The third-order valence-corrected chi connectivity index (χ3v) is 4.64. The lowest BCUT2D eigenvalue weighted by Gasteiger charge is -2.09. The van der Waals surface area contributed by atoms with Crippen molar-refractivity contribution in [2.45, 2.75) is 18.2 Å². The lowest BCUT2D eigenvalue weighted by molar-refractivity contribution is 0.575. The average Bonchev–Trinajstić information content (AvgIpc) is 2.32. The van der Waals surface area contributed by atoms with Gasteiger partial charge in [-0.2, -0.15) is 0 Å². The van der Waals surface area contributed by atoms with E-state index < -0.39 is 10.0 Å². The Kier molecular flexibility index (Phi) is 6.59. The molecule has 0 saturated heterocycles. The van der Waals surface area contributed by atoms with E-state index in [2.05, 4.69) is 32.9 Å². The number of benzene rings is 1. The van der Waals surface area contributed by atoms with Crippen LogP contribution < -0.4 is 10.0 Å². The first-order valence-electron chi connectivity index (χ1n) is 5.63. The van der Waals surface area contributed by atoms with Crippen LogP contribution in [-0.4, -0.2) is 28.1 Å². The Labute approximate surface area is 121 Å². The van der Waals surface area contributed by atoms with Crippen molar-refractivity contribution in [1.82, 2.24) is 10.0 Å². The van der Waals surface area contributed by atoms with Gasteiger partial charge in [0, 0.05) is 17.6 Å². The van der Waals surface area contributed by atoms with Gasteiger partial charge in [0.2, 0.25) is 10.0 Å². The molecular weight excluding hydrogens is 340 g/mol. The fourth-order valence-corrected chi connectivity index (χ4v) is 3.40. The molecule has 1 rings (SSSR count). The maximum absolute atomic E-state index is 12.0. The van der Waals surface area contributed by atoms with Gasteiger partial charge in [-0.15, -0.1) is 0 Å². The topological polar surface area (TPSA) is 58.2 Å². The van der Waals surface area contributed by atoms with Crippen molar-refractivity contribution in [3.05, 3.63) is 27.7 Å². The van der Waals surface area contributed by atoms with Crippen LogP contribution in [0.3, 0.4) is 0 Å². The van der Waals surface area contributed by atoms with E-state index in [-0.39, 0.29) is 9.92 Å². The van der Waals surface area contributed by atoms with E-state index in [0.717, 1.165) is 13.0 Å². The van der Waals surface area contributed by atoms with Gasteiger partial charge >= 0.3 is 0 Å². The Hall–Kier alpha value is -0.140. The SMILES string of the molecule is CCCNCCNS(=O)(=O)c1cc(Br)ccc1Cl. The molecule has 4 nitrogen and oxygen atoms in total. The summed E-state index contributed by atoms with van der Waals surface area (Å²) >= 11 is 9.12. The highest BCUT2D eigenvalue weighted by Crippen LogP contribution is 2.24. The van der Waals surface area contributed by atoms with E-state index in [1.807, 2.05) is 0 Å². The maximum atomic E-state index is 12.0. The Morgan fingerprint density at radius 2 is 2.00 bits per heavy atom. The van der Waals surface area contributed by atoms with Gasteiger partial charge in [0.05, 0.1) is 5.02 Å². The fraction of sp³-hybridized carbons (Fsp3) is 0.455. The highest BCUT2D eigenvalue weighted by Gasteiger charge is 2.17. The van der Waals surface area contributed by atoms with Crippen molar-refractivity contribution < 1.29 is 8.42 Å². The van der Waals surface area contributed by atoms with Crippen LogP contribution in [0.1, 0.15) is 13.3 Å². The van der Waals surface area contributed by atoms with Crippen LogP contribution in [-0.2, 0) is 10.0 Å². The van der Waals surface area contributed by atoms with Gasteiger partial charge in [-0.1, -0.05) is 34.5 Å². The van der Waals surface area contributed by atoms with Gasteiger partial charge in [0.25, 0.3) is 0 Å². The average molecular weight is 356 g/mol. The van der Waals surface area contributed by atoms with Gasteiger partial charge in [0.15, 0.2) is 0 Å². The molecule has 0 bridgehead atoms. The molecule has 0 aliphatic heterocycles. The molecule has 0 saturated carbocycles. The van der Waals surface area contributed by atoms with Crippen LogP contribution in [0.5, 0.6) is 0 Å². The number of nitrogens with one attached hydrogen (secondary N) is 2. The zero-order chi connectivity index (χ0) is 13.6. The Balaban J connectivity index is 2.66. The first-order chi connectivity index (χ1) is 8.47. The zero-order valence-electron chi connectivity index (χ0n) is 10.0. The molecule has 0 spiro atoms. The van der Waals surface area contributed by atoms with Crippen molar-refractivity contribution in [3.63, 3.8) is 0 Å². The van der Waals surface area contributed by atoms with Crippen molar-refractivity contribution in [3.8, 4) is 0 Å². The molecule has 0 aliphatic carbocycles. The van der Waals surface area contributed by atoms with Crippen molar-refractivity contribution in [2.75, 3.05) is 19.6 Å². The summed E-state index contributed by atoms with van der Waals surface area (Å²) in [6.45, 7) is 3.86. The van der Waals surface area contributed by atoms with Crippen LogP contribution in [0, 0.1) is 0 Å². The summed E-state index contributed by atoms with van der Waals surface area (Å²) < 4.78 is 27.2. The normalized spacial score (nSPS) is 11.7. The van der Waals surface area contributed by atoms with Crippen LogP contribution in [0.2, 0.25) is 5.02 Å². The minimum absolute atomic E-state index is 0.0917. The maximum Gasteiger partial charge on any atom is 0.242 e. The third-order valence-electron chi connectivity index (χ3n) is 2.20. The van der Waals surface area contributed by atoms with E-state index in [9.17, 15) is 8.42 Å². The second-order valence-electron chi connectivity index (χ2n) is 3.72. The molecular formula is C11H16BrClN2O2S. The molecule has 0 fully saturated rings. The molecule has 0 aliphatic rings. The smallest absolute Gasteiger partial charge is 0.242 e. The van der Waals surface area contributed by atoms with Crippen LogP contribution in [0.4, 0.5) is 0 Å². The largest absolute Gasteiger partial charge is 0.315 e. The summed E-state index contributed by atoms with van der Waals surface area (Å²) in [5.74, 6) is 0. The van der Waals surface area contributed by atoms with E-state index in [0.29, 0.717) is 17.6 Å². The van der Waals surface area contributed by atoms with E-state index in [1.54, 1.807) is 12.1 Å². The van der Waals surface area contributed by atoms with Crippen LogP contribution >= 0.6 is 27.5 Å². The summed E-state index contributed by atoms with van der Waals surface area (Å²) in [5.41, 5.74) is 0. The quantitative estimate of drug-likeness (QED) is 0.738. The van der Waals surface area contributed by atoms with E-state index >= 15 is 0 Å². The first-order valence-corrected chi connectivity index (χ1v) is 8.28. The predicted octanol–water partition coefficient (Wildman–Crippen LogP) is 2.38. The lowest BCUT2D eigenvalue weighted by atomic mass is 10.4. The van der Waals surface area contributed by atoms with E-state index in [4.69, 9.17) is 11.6 Å². The van der Waals surface area contributed by atoms with Gasteiger partial charge in [-0.25, -0.2) is 13.1 Å². The monoisotopic (exact) mass is 354 g/mol. The molecule has 0 amide bonds. The molecule has 0 atom stereocenters. The van der Waals surface area contributed by atoms with Gasteiger partial charge in [-0.05, 0) is 31.2 Å². The van der Waals surface area contributed by atoms with E-state index in [1.165, 1.54) is 6.07 Å². The number of hydrogen-bond acceptors (Lipinski definition) is 3. The molecule has 2 N–H and O–H groups in total. The first kappa shape index (κ1) is 15.9. The molecule has 1 aromatic rings. The van der Waals surface area contributed by atoms with Gasteiger partial charge < -0.3 is 5.32 Å². The molecule has 18 heavy (non-hydrogen) atoms. The Bertz CT molecular complexity index is 494. The Morgan fingerprint density at radius 1 is 1.28 bits per heavy atom. The van der Waals surface area contributed by atoms with Crippen LogP contribution in [0.15, 0.2) is 27.6 Å². The number of halogens is 2. The third kappa shape index (κ3) is 4.85. The number of sulfonamides is 1. The highest BCUT2D eigenvalue weighted by atomic mass is 79.9. The molecule has 0 aromatic heterocycles. The summed E-state index contributed by atoms with van der Waals surface area (Å²) in [6, 6.07) is 4.74. The summed E-state index contributed by atoms with van der Waals surface area (Å²) in [5, 5.41) is 3.33. The molecule has 0 heterocycles. The van der Waals surface area contributed by atoms with Gasteiger partial charge in [-0.3, -0.25) is 0 Å². The summed E-state index contributed by atoms with van der Waals surface area (Å²) in [4.78, 5) is 0.0917. The van der Waals surface area contributed by atoms with Crippen molar-refractivity contribution in [2.24, 2.45) is 0 Å². The molecule has 102 valence electrons. The van der Waals surface area contributed by atoms with Crippen molar-refractivity contribution >= 4 is 37.6 Å². The molecule has 0 unspecified atom stereocenters. The minimum atomic E-state index is -3.55. The standard InChI is InChI=1S/C11H16BrClN2O2S/c1-2-5-14-6-7-15-18(16,17)11-8-9(12)3-4-10(11)13/h3-4,8,14-15H,2,5-7H2,1H3. The second-order valence-corrected chi connectivity index (χ2v) is 6.78. The summed E-state index contributed by atoms with van der Waals surface area (Å²) in [7, 11) is -3.55. The Morgan fingerprint density at radius 3 is 2.67 bits per heavy atom. The fourth-order valence-electron chi connectivity index (χ4n) is 1.34. The highest BCUT2D eigenvalue weighted by molar-refractivity contribution is 9.10. The predicted molar refractivity (Wildman–Crippen MR) is 77.5 cm³/mol. The molecule has 7 heteroatoms. The van der Waals surface area contributed by atoms with Crippen molar-refractivity contribution in [1.29, 1.82) is 0 Å². The summed E-state index contributed by atoms with van der Waals surface area (Å²) in [6.07, 6.45) is 1.02. The zero-order valence-corrected chi connectivity index (χ0v) is 13.2. The lowest BCUT2D eigenvalue weighted by Crippen LogP contribution is -2.32. The molecule has 0 radical (unpaired) electrons. The van der Waals surface area contributed by atoms with Crippen LogP contribution in [0.25, 0.3) is 0 Å².